The van der Waals surface area contributed by atoms with Crippen LogP contribution >= 0.6 is 11.6 Å². The molecule has 8 rings (SSSR count). The largest absolute Gasteiger partial charge is 0.494 e. The molecule has 4 aliphatic rings. The van der Waals surface area contributed by atoms with Crippen LogP contribution in [-0.4, -0.2) is 84.6 Å². The zero-order chi connectivity index (χ0) is 45.4. The van der Waals surface area contributed by atoms with Gasteiger partial charge in [0.2, 0.25) is 5.91 Å². The normalized spacial score (nSPS) is 24.2. The maximum atomic E-state index is 13.5. The Labute approximate surface area is 389 Å². The Morgan fingerprint density at radius 3 is 2.60 bits per heavy atom. The second-order valence-electron chi connectivity index (χ2n) is 19.2. The number of carbonyl (C=O) groups is 2. The number of nitrogens with one attached hydrogen (secondary N) is 2. The van der Waals surface area contributed by atoms with E-state index in [1.807, 2.05) is 54.7 Å². The first-order chi connectivity index (χ1) is 31.5. The van der Waals surface area contributed by atoms with Crippen molar-refractivity contribution in [2.24, 2.45) is 11.8 Å². The summed E-state index contributed by atoms with van der Waals surface area (Å²) in [7, 11) is 0. The van der Waals surface area contributed by atoms with Crippen molar-refractivity contribution in [3.05, 3.63) is 112 Å². The van der Waals surface area contributed by atoms with Gasteiger partial charge in [0, 0.05) is 60.8 Å². The number of carbonyl (C=O) groups excluding carboxylic acids is 1. The number of hydrogen-bond donors (Lipinski definition) is 3. The predicted octanol–water partition coefficient (Wildman–Crippen LogP) is 10.1. The summed E-state index contributed by atoms with van der Waals surface area (Å²) in [5.74, 6) is 2.68. The first kappa shape index (κ1) is 46.7. The van der Waals surface area contributed by atoms with Crippen LogP contribution in [0.25, 0.3) is 0 Å². The van der Waals surface area contributed by atoms with Gasteiger partial charge in [-0.15, -0.1) is 0 Å². The number of pyridine rings is 1. The summed E-state index contributed by atoms with van der Waals surface area (Å²) in [6, 6.07) is 23.7. The van der Waals surface area contributed by atoms with Crippen LogP contribution in [0.2, 0.25) is 5.02 Å². The SMILES string of the molecule is C[C@@H](COc1ccnc2c1[C@H](C)CCC2)CC1Cc2ccc(OCCCC(=O)NCCc3cccc(OCCN4CC[C@@H](F)C4)c3)cc2C12CCC(Nc1cccc(Cl)c1)(C(=O)O)CC2. The van der Waals surface area contributed by atoms with Crippen molar-refractivity contribution < 1.29 is 33.3 Å². The Bertz CT molecular complexity index is 2270. The van der Waals surface area contributed by atoms with E-state index in [0.717, 1.165) is 74.3 Å². The van der Waals surface area contributed by atoms with E-state index in [2.05, 4.69) is 46.5 Å². The van der Waals surface area contributed by atoms with E-state index in [9.17, 15) is 19.1 Å². The van der Waals surface area contributed by atoms with Crippen molar-refractivity contribution >= 4 is 29.2 Å². The summed E-state index contributed by atoms with van der Waals surface area (Å²) in [6.45, 7) is 8.58. The van der Waals surface area contributed by atoms with Crippen molar-refractivity contribution in [1.29, 1.82) is 0 Å². The van der Waals surface area contributed by atoms with Gasteiger partial charge in [-0.2, -0.15) is 0 Å². The van der Waals surface area contributed by atoms with E-state index >= 15 is 0 Å². The minimum atomic E-state index is -1.11. The summed E-state index contributed by atoms with van der Waals surface area (Å²) in [5, 5.41) is 17.7. The molecule has 1 aliphatic heterocycles. The lowest BCUT2D eigenvalue weighted by Crippen LogP contribution is -2.53. The fourth-order valence-electron chi connectivity index (χ4n) is 11.1. The number of carboxylic acids is 1. The quantitative estimate of drug-likeness (QED) is 0.0744. The number of carboxylic acid groups (broad SMARTS) is 1. The summed E-state index contributed by atoms with van der Waals surface area (Å²) >= 11 is 6.32. The Hall–Kier alpha value is -4.87. The first-order valence-corrected chi connectivity index (χ1v) is 24.4. The Kier molecular flexibility index (Phi) is 15.2. The minimum Gasteiger partial charge on any atom is -0.494 e. The number of alkyl halides is 1. The molecule has 1 spiro atoms. The van der Waals surface area contributed by atoms with Crippen molar-refractivity contribution in [1.82, 2.24) is 15.2 Å². The molecule has 12 heteroatoms. The highest BCUT2D eigenvalue weighted by molar-refractivity contribution is 6.30. The lowest BCUT2D eigenvalue weighted by Gasteiger charge is -2.47. The molecule has 3 aliphatic carbocycles. The van der Waals surface area contributed by atoms with Gasteiger partial charge in [0.1, 0.15) is 35.6 Å². The molecule has 2 heterocycles. The van der Waals surface area contributed by atoms with Gasteiger partial charge in [-0.3, -0.25) is 14.7 Å². The fourth-order valence-corrected chi connectivity index (χ4v) is 11.3. The number of aliphatic carboxylic acids is 1. The Morgan fingerprint density at radius 2 is 1.80 bits per heavy atom. The van der Waals surface area contributed by atoms with Crippen LogP contribution in [0.15, 0.2) is 79.0 Å². The van der Waals surface area contributed by atoms with E-state index in [0.29, 0.717) is 101 Å². The van der Waals surface area contributed by atoms with Crippen molar-refractivity contribution in [2.75, 3.05) is 51.3 Å². The van der Waals surface area contributed by atoms with Gasteiger partial charge in [0.25, 0.3) is 0 Å². The molecule has 3 N–H and O–H groups in total. The van der Waals surface area contributed by atoms with Gasteiger partial charge in [0.15, 0.2) is 0 Å². The zero-order valence-corrected chi connectivity index (χ0v) is 38.9. The van der Waals surface area contributed by atoms with Gasteiger partial charge in [-0.1, -0.05) is 49.7 Å². The molecule has 2 fully saturated rings. The number of benzene rings is 3. The maximum absolute atomic E-state index is 13.5. The molecular formula is C53H66ClFN4O6. The smallest absolute Gasteiger partial charge is 0.329 e. The summed E-state index contributed by atoms with van der Waals surface area (Å²) in [6.07, 6.45) is 10.9. The Balaban J connectivity index is 0.870. The molecule has 0 radical (unpaired) electrons. The van der Waals surface area contributed by atoms with Gasteiger partial charge >= 0.3 is 5.97 Å². The number of amides is 1. The third-order valence-electron chi connectivity index (χ3n) is 14.6. The maximum Gasteiger partial charge on any atom is 0.329 e. The molecule has 4 aromatic rings. The van der Waals surface area contributed by atoms with Crippen molar-refractivity contribution in [3.63, 3.8) is 0 Å². The second-order valence-corrected chi connectivity index (χ2v) is 19.7. The molecule has 1 aromatic heterocycles. The van der Waals surface area contributed by atoms with E-state index in [-0.39, 0.29) is 17.2 Å². The number of aryl methyl sites for hydroxylation is 1. The minimum absolute atomic E-state index is 0.0135. The van der Waals surface area contributed by atoms with Crippen LogP contribution in [0.3, 0.4) is 0 Å². The number of anilines is 1. The third-order valence-corrected chi connectivity index (χ3v) is 14.8. The Morgan fingerprint density at radius 1 is 0.985 bits per heavy atom. The number of ether oxygens (including phenoxy) is 3. The number of halogens is 2. The van der Waals surface area contributed by atoms with Crippen LogP contribution in [0, 0.1) is 11.8 Å². The third kappa shape index (κ3) is 11.4. The lowest BCUT2D eigenvalue weighted by atomic mass is 9.59. The van der Waals surface area contributed by atoms with E-state index < -0.39 is 17.7 Å². The fraction of sp³-hybridized carbons (Fsp3) is 0.528. The average molecular weight is 910 g/mol. The van der Waals surface area contributed by atoms with Crippen LogP contribution in [0.4, 0.5) is 10.1 Å². The van der Waals surface area contributed by atoms with Gasteiger partial charge in [0.05, 0.1) is 13.2 Å². The summed E-state index contributed by atoms with van der Waals surface area (Å²) in [5.41, 5.74) is 5.45. The van der Waals surface area contributed by atoms with E-state index in [1.54, 1.807) is 12.1 Å². The number of nitrogens with zero attached hydrogens (tertiary/aromatic N) is 2. The summed E-state index contributed by atoms with van der Waals surface area (Å²) in [4.78, 5) is 32.7. The highest BCUT2D eigenvalue weighted by Gasteiger charge is 2.54. The van der Waals surface area contributed by atoms with E-state index in [1.165, 1.54) is 22.4 Å². The number of aromatic nitrogens is 1. The highest BCUT2D eigenvalue weighted by Crippen LogP contribution is 2.57. The average Bonchev–Trinajstić information content (AvgIpc) is 3.84. The van der Waals surface area contributed by atoms with Gasteiger partial charge < -0.3 is 30.0 Å². The van der Waals surface area contributed by atoms with Crippen LogP contribution in [0.5, 0.6) is 17.2 Å². The number of likely N-dealkylation sites (tertiary alicyclic amines) is 1. The molecule has 348 valence electrons. The molecule has 1 saturated heterocycles. The van der Waals surface area contributed by atoms with Crippen LogP contribution in [0.1, 0.15) is 112 Å². The zero-order valence-electron chi connectivity index (χ0n) is 38.1. The number of fused-ring (bicyclic) bond motifs is 3. The summed E-state index contributed by atoms with van der Waals surface area (Å²) < 4.78 is 32.4. The topological polar surface area (TPSA) is 122 Å². The van der Waals surface area contributed by atoms with Crippen LogP contribution in [-0.2, 0) is 34.3 Å². The number of hydrogen-bond acceptors (Lipinski definition) is 8. The molecule has 3 aromatic carbocycles. The lowest BCUT2D eigenvalue weighted by molar-refractivity contribution is -0.144. The molecule has 1 unspecified atom stereocenters. The van der Waals surface area contributed by atoms with E-state index in [4.69, 9.17) is 25.8 Å². The van der Waals surface area contributed by atoms with Crippen molar-refractivity contribution in [2.45, 2.75) is 120 Å². The number of rotatable bonds is 20. The van der Waals surface area contributed by atoms with Crippen molar-refractivity contribution in [3.8, 4) is 17.2 Å². The van der Waals surface area contributed by atoms with Gasteiger partial charge in [-0.25, -0.2) is 9.18 Å². The standard InChI is InChI=1S/C53H66ClFN4O6/c1-36(35-65-48-17-24-56-47-12-3-7-37(2)50(47)48)29-40-31-39-14-15-45(33-46(39)52(40)19-21-53(22-20-52,51(61)62)58-43-10-5-9-41(54)32-43)63-27-6-13-49(60)57-23-16-38-8-4-11-44(30-38)64-28-26-59-25-18-42(55)34-59/h4-5,8-11,14-15,17,24,30,32-33,36-37,40,42,58H,3,6-7,12-13,16,18-23,25-29,31,34-35H2,1-2H3,(H,57,60)(H,61,62)/t36-,37-,40?,42-,52?,53?/m1/s1. The first-order valence-electron chi connectivity index (χ1n) is 24.0. The molecule has 1 amide bonds. The molecule has 0 bridgehead atoms. The highest BCUT2D eigenvalue weighted by atomic mass is 35.5. The monoisotopic (exact) mass is 908 g/mol. The second kappa shape index (κ2) is 21.2. The molecule has 65 heavy (non-hydrogen) atoms. The predicted molar refractivity (Wildman–Crippen MR) is 253 cm³/mol. The van der Waals surface area contributed by atoms with Crippen LogP contribution < -0.4 is 24.8 Å². The van der Waals surface area contributed by atoms with Gasteiger partial charge in [-0.05, 0) is 165 Å². The molecular weight excluding hydrogens is 843 g/mol. The molecule has 4 atom stereocenters. The molecule has 1 saturated carbocycles. The molecule has 10 nitrogen and oxygen atoms in total.